The Morgan fingerprint density at radius 2 is 1.13 bits per heavy atom. The lowest BCUT2D eigenvalue weighted by Crippen LogP contribution is -2.63. The summed E-state index contributed by atoms with van der Waals surface area (Å²) >= 11 is 3.95. The van der Waals surface area contributed by atoms with E-state index in [1.165, 1.54) is 0 Å². The Bertz CT molecular complexity index is 349. The Labute approximate surface area is 137 Å². The Kier molecular flexibility index (Phi) is 6.61. The van der Waals surface area contributed by atoms with Crippen molar-refractivity contribution in [2.45, 2.75) is 61.4 Å². The largest absolute Gasteiger partial charge is 0.394 e. The van der Waals surface area contributed by atoms with Crippen LogP contribution in [0.15, 0.2) is 0 Å². The van der Waals surface area contributed by atoms with E-state index in [0.717, 1.165) is 0 Å². The summed E-state index contributed by atoms with van der Waals surface area (Å²) in [6.45, 7) is -0.639. The lowest BCUT2D eigenvalue weighted by Gasteiger charge is -2.44. The van der Waals surface area contributed by atoms with Gasteiger partial charge in [0.2, 0.25) is 0 Å². The van der Waals surface area contributed by atoms with E-state index in [1.807, 2.05) is 0 Å². The maximum absolute atomic E-state index is 9.90. The molecule has 0 spiro atoms. The van der Waals surface area contributed by atoms with Crippen LogP contribution in [-0.4, -0.2) is 110 Å². The number of thiol groups is 1. The van der Waals surface area contributed by atoms with Crippen molar-refractivity contribution in [3.63, 3.8) is 0 Å². The summed E-state index contributed by atoms with van der Waals surface area (Å²) in [6.07, 6.45) is -14.6. The highest BCUT2D eigenvalue weighted by atomic mass is 32.1. The number of hydrogen-bond acceptors (Lipinski definition) is 11. The minimum absolute atomic E-state index is 0.0273. The van der Waals surface area contributed by atoms with Gasteiger partial charge in [-0.1, -0.05) is 0 Å². The van der Waals surface area contributed by atoms with Gasteiger partial charge >= 0.3 is 0 Å². The number of aliphatic hydroxyl groups excluding tert-OH is 7. The first kappa shape index (κ1) is 19.3. The summed E-state index contributed by atoms with van der Waals surface area (Å²) in [6, 6.07) is 0. The van der Waals surface area contributed by atoms with Crippen LogP contribution in [0.25, 0.3) is 0 Å². The fraction of sp³-hybridized carbons (Fsp3) is 1.00. The minimum atomic E-state index is -1.68. The second kappa shape index (κ2) is 7.89. The third-order valence-corrected chi connectivity index (χ3v) is 4.33. The van der Waals surface area contributed by atoms with E-state index in [2.05, 4.69) is 12.6 Å². The molecule has 10 nitrogen and oxygen atoms in total. The Morgan fingerprint density at radius 1 is 0.696 bits per heavy atom. The van der Waals surface area contributed by atoms with Gasteiger partial charge in [0.05, 0.1) is 12.7 Å². The molecular weight excluding hydrogens is 336 g/mol. The van der Waals surface area contributed by atoms with Crippen molar-refractivity contribution in [2.75, 3.05) is 12.4 Å². The van der Waals surface area contributed by atoms with Gasteiger partial charge in [0.1, 0.15) is 42.7 Å². The van der Waals surface area contributed by atoms with Crippen LogP contribution in [0.3, 0.4) is 0 Å². The van der Waals surface area contributed by atoms with Crippen LogP contribution in [0, 0.1) is 0 Å². The van der Waals surface area contributed by atoms with Crippen LogP contribution < -0.4 is 0 Å². The first-order chi connectivity index (χ1) is 10.8. The smallest absolute Gasteiger partial charge is 0.189 e. The lowest BCUT2D eigenvalue weighted by atomic mass is 9.98. The molecule has 0 aromatic heterocycles. The number of aliphatic hydroxyl groups is 7. The molecule has 0 bridgehead atoms. The molecule has 2 fully saturated rings. The molecule has 0 aromatic rings. The summed E-state index contributed by atoms with van der Waals surface area (Å²) < 4.78 is 15.6. The predicted molar refractivity (Wildman–Crippen MR) is 75.4 cm³/mol. The van der Waals surface area contributed by atoms with E-state index >= 15 is 0 Å². The van der Waals surface area contributed by atoms with Gasteiger partial charge in [-0.2, -0.15) is 12.6 Å². The zero-order chi connectivity index (χ0) is 17.3. The molecule has 7 N–H and O–H groups in total. The van der Waals surface area contributed by atoms with Gasteiger partial charge in [-0.25, -0.2) is 0 Å². The first-order valence-corrected chi connectivity index (χ1v) is 7.71. The standard InChI is InChI=1S/C12H22O10S/c13-1-3-5(14)7(16)9(18)11(20-3)22-12-10(19)8(17)6(15)4(2-23)21-12/h3-19,23H,1-2H2/t3?,4?,5-,6-,7?,8?,9-,10?,11-,12-/m1/s1. The van der Waals surface area contributed by atoms with Gasteiger partial charge in [0.15, 0.2) is 12.6 Å². The fourth-order valence-corrected chi connectivity index (χ4v) is 2.79. The van der Waals surface area contributed by atoms with Crippen molar-refractivity contribution < 1.29 is 50.0 Å². The van der Waals surface area contributed by atoms with Crippen LogP contribution in [0.2, 0.25) is 0 Å². The molecule has 2 saturated heterocycles. The van der Waals surface area contributed by atoms with Crippen LogP contribution in [0.1, 0.15) is 0 Å². The Balaban J connectivity index is 2.07. The van der Waals surface area contributed by atoms with E-state index in [1.54, 1.807) is 0 Å². The third kappa shape index (κ3) is 3.80. The molecule has 0 aromatic carbocycles. The summed E-state index contributed by atoms with van der Waals surface area (Å²) in [4.78, 5) is 0. The fourth-order valence-electron chi connectivity index (χ4n) is 2.49. The molecule has 0 radical (unpaired) electrons. The van der Waals surface area contributed by atoms with Gasteiger partial charge in [0, 0.05) is 5.75 Å². The first-order valence-electron chi connectivity index (χ1n) is 7.08. The molecule has 2 aliphatic heterocycles. The van der Waals surface area contributed by atoms with Gasteiger partial charge in [-0.15, -0.1) is 0 Å². The molecule has 2 aliphatic rings. The zero-order valence-corrected chi connectivity index (χ0v) is 12.9. The van der Waals surface area contributed by atoms with E-state index in [9.17, 15) is 30.6 Å². The molecule has 5 unspecified atom stereocenters. The topological polar surface area (TPSA) is 169 Å². The van der Waals surface area contributed by atoms with Gasteiger partial charge in [-0.3, -0.25) is 0 Å². The maximum Gasteiger partial charge on any atom is 0.189 e. The average molecular weight is 358 g/mol. The molecular formula is C12H22O10S. The van der Waals surface area contributed by atoms with Gasteiger partial charge in [0.25, 0.3) is 0 Å². The minimum Gasteiger partial charge on any atom is -0.394 e. The molecule has 0 amide bonds. The molecule has 10 atom stereocenters. The second-order valence-corrected chi connectivity index (χ2v) is 5.90. The van der Waals surface area contributed by atoms with E-state index in [4.69, 9.17) is 19.3 Å². The summed E-state index contributed by atoms with van der Waals surface area (Å²) in [7, 11) is 0. The van der Waals surface area contributed by atoms with E-state index < -0.39 is 68.0 Å². The number of hydrogen-bond donors (Lipinski definition) is 8. The van der Waals surface area contributed by atoms with E-state index in [0.29, 0.717) is 0 Å². The number of rotatable bonds is 4. The molecule has 0 saturated carbocycles. The predicted octanol–water partition coefficient (Wildman–Crippen LogP) is -4.46. The molecule has 11 heteroatoms. The summed E-state index contributed by atoms with van der Waals surface area (Å²) in [5, 5.41) is 67.7. The summed E-state index contributed by atoms with van der Waals surface area (Å²) in [5.74, 6) is 0.0273. The molecule has 136 valence electrons. The molecule has 0 aliphatic carbocycles. The maximum atomic E-state index is 9.90. The van der Waals surface area contributed by atoms with Crippen molar-refractivity contribution in [3.05, 3.63) is 0 Å². The van der Waals surface area contributed by atoms with Crippen molar-refractivity contribution in [3.8, 4) is 0 Å². The van der Waals surface area contributed by atoms with Gasteiger partial charge in [-0.05, 0) is 0 Å². The Morgan fingerprint density at radius 3 is 1.57 bits per heavy atom. The molecule has 2 heterocycles. The monoisotopic (exact) mass is 358 g/mol. The van der Waals surface area contributed by atoms with Crippen molar-refractivity contribution >= 4 is 12.6 Å². The summed E-state index contributed by atoms with van der Waals surface area (Å²) in [5.41, 5.74) is 0. The van der Waals surface area contributed by atoms with Crippen molar-refractivity contribution in [2.24, 2.45) is 0 Å². The molecule has 2 rings (SSSR count). The van der Waals surface area contributed by atoms with Crippen molar-refractivity contribution in [1.29, 1.82) is 0 Å². The van der Waals surface area contributed by atoms with Gasteiger partial charge < -0.3 is 50.0 Å². The highest BCUT2D eigenvalue weighted by Gasteiger charge is 2.49. The highest BCUT2D eigenvalue weighted by Crippen LogP contribution is 2.28. The molecule has 23 heavy (non-hydrogen) atoms. The average Bonchev–Trinajstić information content (AvgIpc) is 2.55. The third-order valence-electron chi connectivity index (χ3n) is 3.97. The quantitative estimate of drug-likeness (QED) is 0.229. The van der Waals surface area contributed by atoms with Crippen LogP contribution in [-0.2, 0) is 14.2 Å². The number of ether oxygens (including phenoxy) is 3. The SMILES string of the molecule is OCC1O[C@H](O[C@H]2OC(CS)[C@@H](O)C(O)C2O)[C@H](O)C(O)[C@@H]1O. The van der Waals surface area contributed by atoms with Crippen LogP contribution in [0.5, 0.6) is 0 Å². The zero-order valence-electron chi connectivity index (χ0n) is 12.0. The second-order valence-electron chi connectivity index (χ2n) is 5.53. The highest BCUT2D eigenvalue weighted by molar-refractivity contribution is 7.80. The van der Waals surface area contributed by atoms with E-state index in [-0.39, 0.29) is 5.75 Å². The van der Waals surface area contributed by atoms with Crippen LogP contribution in [0.4, 0.5) is 0 Å². The lowest BCUT2D eigenvalue weighted by molar-refractivity contribution is -0.373. The van der Waals surface area contributed by atoms with Crippen molar-refractivity contribution in [1.82, 2.24) is 0 Å². The Hall–Kier alpha value is -0.0500. The normalized spacial score (nSPS) is 51.7. The van der Waals surface area contributed by atoms with Crippen LogP contribution >= 0.6 is 12.6 Å².